The molecule has 1 saturated heterocycles. The van der Waals surface area contributed by atoms with Crippen LogP contribution in [0.1, 0.15) is 0 Å². The van der Waals surface area contributed by atoms with Gasteiger partial charge in [-0.2, -0.15) is 58.8 Å². The van der Waals surface area contributed by atoms with Gasteiger partial charge in [-0.15, -0.1) is 0 Å². The van der Waals surface area contributed by atoms with Gasteiger partial charge < -0.3 is 5.32 Å². The van der Waals surface area contributed by atoms with Crippen molar-refractivity contribution < 1.29 is 0 Å². The van der Waals surface area contributed by atoms with E-state index in [-0.39, 0.29) is 0 Å². The van der Waals surface area contributed by atoms with Crippen molar-refractivity contribution in [3.05, 3.63) is 0 Å². The number of rotatable bonds is 0. The molecular formula is C12H25NS5. The van der Waals surface area contributed by atoms with Crippen molar-refractivity contribution in [1.29, 1.82) is 0 Å². The Morgan fingerprint density at radius 2 is 0.667 bits per heavy atom. The maximum absolute atomic E-state index is 3.53. The Kier molecular flexibility index (Phi) is 14.9. The van der Waals surface area contributed by atoms with Crippen molar-refractivity contribution in [2.75, 3.05) is 70.6 Å². The summed E-state index contributed by atoms with van der Waals surface area (Å²) in [7, 11) is 0. The van der Waals surface area contributed by atoms with Gasteiger partial charge in [0.2, 0.25) is 0 Å². The summed E-state index contributed by atoms with van der Waals surface area (Å²) >= 11 is 10.6. The molecule has 1 nitrogen and oxygen atoms in total. The molecule has 0 aliphatic carbocycles. The van der Waals surface area contributed by atoms with E-state index in [0.29, 0.717) is 0 Å². The average molecular weight is 344 g/mol. The van der Waals surface area contributed by atoms with Gasteiger partial charge in [-0.25, -0.2) is 0 Å². The molecule has 0 bridgehead atoms. The fourth-order valence-electron chi connectivity index (χ4n) is 1.40. The highest BCUT2D eigenvalue weighted by Gasteiger charge is 1.96. The minimum Gasteiger partial charge on any atom is -0.315 e. The second-order valence-corrected chi connectivity index (χ2v) is 9.94. The van der Waals surface area contributed by atoms with Crippen LogP contribution >= 0.6 is 58.8 Å². The van der Waals surface area contributed by atoms with Crippen LogP contribution in [0.25, 0.3) is 0 Å². The summed E-state index contributed by atoms with van der Waals surface area (Å²) in [4.78, 5) is 0. The molecule has 0 aromatic carbocycles. The summed E-state index contributed by atoms with van der Waals surface area (Å²) in [5, 5.41) is 3.53. The first kappa shape index (κ1) is 17.8. The molecule has 1 N–H and O–H groups in total. The van der Waals surface area contributed by atoms with E-state index in [2.05, 4.69) is 64.1 Å². The second-order valence-electron chi connectivity index (χ2n) is 3.81. The Balaban J connectivity index is 2.00. The van der Waals surface area contributed by atoms with E-state index in [9.17, 15) is 0 Å². The number of hydrogen-bond donors (Lipinski definition) is 1. The van der Waals surface area contributed by atoms with Gasteiger partial charge in [0.05, 0.1) is 0 Å². The summed E-state index contributed by atoms with van der Waals surface area (Å²) in [5.41, 5.74) is 0. The number of hydrogen-bond acceptors (Lipinski definition) is 6. The van der Waals surface area contributed by atoms with Crippen LogP contribution in [0.3, 0.4) is 0 Å². The molecular weight excluding hydrogens is 318 g/mol. The number of thioether (sulfide) groups is 5. The topological polar surface area (TPSA) is 12.0 Å². The van der Waals surface area contributed by atoms with E-state index in [1.54, 1.807) is 0 Å². The fourth-order valence-corrected chi connectivity index (χ4v) is 6.76. The van der Waals surface area contributed by atoms with E-state index in [0.717, 1.165) is 0 Å². The predicted octanol–water partition coefficient (Wildman–Crippen LogP) is 3.26. The third-order valence-corrected chi connectivity index (χ3v) is 8.30. The van der Waals surface area contributed by atoms with Gasteiger partial charge >= 0.3 is 0 Å². The Morgan fingerprint density at radius 3 is 1.00 bits per heavy atom. The van der Waals surface area contributed by atoms with Crippen LogP contribution in [-0.4, -0.2) is 70.6 Å². The van der Waals surface area contributed by atoms with Gasteiger partial charge in [0.25, 0.3) is 0 Å². The molecule has 1 aliphatic rings. The molecule has 1 rings (SSSR count). The molecule has 0 spiro atoms. The summed E-state index contributed by atoms with van der Waals surface area (Å²) in [6.45, 7) is 2.36. The molecule has 0 radical (unpaired) electrons. The first-order chi connectivity index (χ1) is 9.00. The molecule has 0 amide bonds. The van der Waals surface area contributed by atoms with Crippen molar-refractivity contribution >= 4 is 58.8 Å². The zero-order valence-electron chi connectivity index (χ0n) is 11.0. The smallest absolute Gasteiger partial charge is 0.00584 e. The van der Waals surface area contributed by atoms with E-state index in [1.165, 1.54) is 70.6 Å². The van der Waals surface area contributed by atoms with Crippen molar-refractivity contribution in [3.63, 3.8) is 0 Å². The van der Waals surface area contributed by atoms with Crippen molar-refractivity contribution in [3.8, 4) is 0 Å². The van der Waals surface area contributed by atoms with Crippen molar-refractivity contribution in [2.45, 2.75) is 0 Å². The van der Waals surface area contributed by atoms with Gasteiger partial charge in [-0.3, -0.25) is 0 Å². The van der Waals surface area contributed by atoms with Crippen LogP contribution in [0.4, 0.5) is 0 Å². The largest absolute Gasteiger partial charge is 0.315 e. The molecule has 0 aromatic rings. The van der Waals surface area contributed by atoms with Gasteiger partial charge in [0, 0.05) is 70.6 Å². The summed E-state index contributed by atoms with van der Waals surface area (Å²) in [5.74, 6) is 13.2. The van der Waals surface area contributed by atoms with Crippen LogP contribution in [0, 0.1) is 0 Å². The third-order valence-electron chi connectivity index (χ3n) is 2.33. The van der Waals surface area contributed by atoms with Crippen molar-refractivity contribution in [2.24, 2.45) is 0 Å². The summed E-state index contributed by atoms with van der Waals surface area (Å²) in [6, 6.07) is 0. The lowest BCUT2D eigenvalue weighted by Crippen LogP contribution is -2.20. The highest BCUT2D eigenvalue weighted by atomic mass is 32.2. The summed E-state index contributed by atoms with van der Waals surface area (Å²) < 4.78 is 0. The van der Waals surface area contributed by atoms with Crippen molar-refractivity contribution in [1.82, 2.24) is 5.32 Å². The maximum atomic E-state index is 3.53. The Bertz CT molecular complexity index is 95.5. The highest BCUT2D eigenvalue weighted by molar-refractivity contribution is 8.05. The van der Waals surface area contributed by atoms with E-state index < -0.39 is 0 Å². The Hall–Kier alpha value is 1.71. The quantitative estimate of drug-likeness (QED) is 0.719. The second kappa shape index (κ2) is 15.1. The monoisotopic (exact) mass is 343 g/mol. The van der Waals surface area contributed by atoms with Gasteiger partial charge in [-0.1, -0.05) is 0 Å². The van der Waals surface area contributed by atoms with Gasteiger partial charge in [-0.05, 0) is 0 Å². The zero-order valence-corrected chi connectivity index (χ0v) is 15.1. The highest BCUT2D eigenvalue weighted by Crippen LogP contribution is 2.13. The molecule has 1 aliphatic heterocycles. The van der Waals surface area contributed by atoms with E-state index in [4.69, 9.17) is 0 Å². The Morgan fingerprint density at radius 1 is 0.389 bits per heavy atom. The lowest BCUT2D eigenvalue weighted by Gasteiger charge is -2.06. The first-order valence-electron chi connectivity index (χ1n) is 6.59. The predicted molar refractivity (Wildman–Crippen MR) is 99.5 cm³/mol. The van der Waals surface area contributed by atoms with Crippen LogP contribution in [0.5, 0.6) is 0 Å². The van der Waals surface area contributed by atoms with Crippen LogP contribution < -0.4 is 5.32 Å². The molecule has 108 valence electrons. The maximum Gasteiger partial charge on any atom is 0.00584 e. The molecule has 1 fully saturated rings. The van der Waals surface area contributed by atoms with Gasteiger partial charge in [0.15, 0.2) is 0 Å². The normalized spacial score (nSPS) is 24.0. The molecule has 6 heteroatoms. The average Bonchev–Trinajstić information content (AvgIpc) is 2.39. The molecule has 18 heavy (non-hydrogen) atoms. The van der Waals surface area contributed by atoms with E-state index >= 15 is 0 Å². The molecule has 0 unspecified atom stereocenters. The molecule has 1 heterocycles. The van der Waals surface area contributed by atoms with Gasteiger partial charge in [0.1, 0.15) is 0 Å². The fraction of sp³-hybridized carbons (Fsp3) is 1.00. The first-order valence-corrected chi connectivity index (χ1v) is 12.4. The summed E-state index contributed by atoms with van der Waals surface area (Å²) in [6.07, 6.45) is 0. The molecule has 0 atom stereocenters. The van der Waals surface area contributed by atoms with Crippen LogP contribution in [-0.2, 0) is 0 Å². The lowest BCUT2D eigenvalue weighted by atomic mass is 10.7. The zero-order chi connectivity index (χ0) is 12.7. The van der Waals surface area contributed by atoms with E-state index in [1.807, 2.05) is 0 Å². The number of nitrogens with one attached hydrogen (secondary N) is 1. The molecule has 0 aromatic heterocycles. The molecule has 0 saturated carbocycles. The lowest BCUT2D eigenvalue weighted by molar-refractivity contribution is 0.774. The third kappa shape index (κ3) is 12.7. The SMILES string of the molecule is C1CSCCSCCSCCSCCSCCN1. The standard InChI is InChI=1S/C12H25NS5/c1-3-14-5-7-16-9-11-18-12-10-17-8-6-15-4-2-13-1/h13H,1-12H2. The van der Waals surface area contributed by atoms with Crippen LogP contribution in [0.2, 0.25) is 0 Å². The Labute approximate surface area is 134 Å². The minimum atomic E-state index is 1.18. The van der Waals surface area contributed by atoms with Crippen LogP contribution in [0.15, 0.2) is 0 Å². The minimum absolute atomic E-state index is 1.18.